The molecule has 0 aliphatic heterocycles. The van der Waals surface area contributed by atoms with Gasteiger partial charge in [0.15, 0.2) is 5.96 Å². The van der Waals surface area contributed by atoms with Crippen molar-refractivity contribution in [2.75, 3.05) is 24.3 Å². The molecule has 14 nitrogen and oxygen atoms in total. The molecule has 4 atom stereocenters. The molecule has 0 aromatic carbocycles. The first-order valence-corrected chi connectivity index (χ1v) is 12.3. The summed E-state index contributed by atoms with van der Waals surface area (Å²) in [5, 5.41) is 16.5. The summed E-state index contributed by atoms with van der Waals surface area (Å²) in [4.78, 5) is 64.2. The molecule has 0 saturated carbocycles. The number of rotatable bonds is 17. The number of primary amides is 1. The van der Waals surface area contributed by atoms with Crippen LogP contribution >= 0.6 is 24.4 Å². The van der Waals surface area contributed by atoms with Crippen LogP contribution in [0.4, 0.5) is 0 Å². The number of nitrogens with one attached hydrogen (secondary N) is 3. The topological polar surface area (TPSA) is 258 Å². The van der Waals surface area contributed by atoms with Crippen LogP contribution in [0.5, 0.6) is 0 Å². The predicted molar refractivity (Wildman–Crippen MR) is 132 cm³/mol. The lowest BCUT2D eigenvalue weighted by Gasteiger charge is -2.25. The zero-order valence-corrected chi connectivity index (χ0v) is 20.6. The zero-order chi connectivity index (χ0) is 26.3. The summed E-state index contributed by atoms with van der Waals surface area (Å²) in [6.45, 7) is 0.148. The van der Waals surface area contributed by atoms with E-state index >= 15 is 0 Å². The molecule has 4 amide bonds. The van der Waals surface area contributed by atoms with Crippen LogP contribution in [0.25, 0.3) is 0 Å². The molecule has 16 heteroatoms. The lowest BCUT2D eigenvalue weighted by molar-refractivity contribution is -0.143. The number of carboxylic acid groups (broad SMARTS) is 1. The maximum absolute atomic E-state index is 12.9. The monoisotopic (exact) mass is 522 g/mol. The van der Waals surface area contributed by atoms with E-state index < -0.39 is 60.2 Å². The molecule has 0 aliphatic carbocycles. The Bertz CT molecular complexity index is 750. The van der Waals surface area contributed by atoms with Gasteiger partial charge in [0, 0.05) is 12.3 Å². The molecule has 0 rings (SSSR count). The maximum Gasteiger partial charge on any atom is 0.326 e. The summed E-state index contributed by atoms with van der Waals surface area (Å²) >= 11 is 5.41. The van der Waals surface area contributed by atoms with E-state index in [1.165, 1.54) is 11.8 Å². The van der Waals surface area contributed by atoms with Crippen LogP contribution in [0.3, 0.4) is 0 Å². The van der Waals surface area contributed by atoms with Crippen molar-refractivity contribution >= 4 is 59.9 Å². The van der Waals surface area contributed by atoms with E-state index in [1.807, 2.05) is 6.26 Å². The number of carbonyl (C=O) groups excluding carboxylic acids is 4. The molecule has 0 spiro atoms. The quantitative estimate of drug-likeness (QED) is 0.0393. The lowest BCUT2D eigenvalue weighted by atomic mass is 10.1. The largest absolute Gasteiger partial charge is 0.480 e. The van der Waals surface area contributed by atoms with Crippen LogP contribution < -0.4 is 38.9 Å². The first kappa shape index (κ1) is 31.3. The summed E-state index contributed by atoms with van der Waals surface area (Å²) in [6, 6.07) is -4.72. The third-order valence-corrected chi connectivity index (χ3v) is 5.41. The standard InChI is InChI=1S/C18H34N8O6S2/c1-34-6-4-11(24-14(28)9(19)8-33)16(30)25-10(3-2-5-23-18(21)22)15(29)26-12(17(31)32)7-13(20)27/h9-12,33H,2-8,19H2,1H3,(H2,20,27)(H,24,28)(H,25,30)(H,26,29)(H,31,32)(H4,21,22,23). The molecular weight excluding hydrogens is 488 g/mol. The number of carbonyl (C=O) groups is 5. The van der Waals surface area contributed by atoms with Crippen LogP contribution in [-0.2, 0) is 24.0 Å². The molecule has 12 N–H and O–H groups in total. The van der Waals surface area contributed by atoms with Gasteiger partial charge < -0.3 is 44.0 Å². The van der Waals surface area contributed by atoms with E-state index in [-0.39, 0.29) is 37.5 Å². The summed E-state index contributed by atoms with van der Waals surface area (Å²) < 4.78 is 0. The zero-order valence-electron chi connectivity index (χ0n) is 18.9. The van der Waals surface area contributed by atoms with Crippen molar-refractivity contribution in [3.8, 4) is 0 Å². The van der Waals surface area contributed by atoms with Gasteiger partial charge in [0.05, 0.1) is 12.5 Å². The molecule has 0 bridgehead atoms. The number of guanidine groups is 1. The fraction of sp³-hybridized carbons (Fsp3) is 0.667. The van der Waals surface area contributed by atoms with Crippen molar-refractivity contribution < 1.29 is 29.1 Å². The minimum atomic E-state index is -1.58. The van der Waals surface area contributed by atoms with Gasteiger partial charge in [0.25, 0.3) is 0 Å². The number of thioether (sulfide) groups is 1. The van der Waals surface area contributed by atoms with Gasteiger partial charge in [-0.25, -0.2) is 4.79 Å². The third kappa shape index (κ3) is 13.1. The van der Waals surface area contributed by atoms with Crippen LogP contribution in [0.2, 0.25) is 0 Å². The highest BCUT2D eigenvalue weighted by Crippen LogP contribution is 2.06. The van der Waals surface area contributed by atoms with Crippen molar-refractivity contribution in [2.45, 2.75) is 49.9 Å². The second-order valence-electron chi connectivity index (χ2n) is 7.21. The second-order valence-corrected chi connectivity index (χ2v) is 8.56. The van der Waals surface area contributed by atoms with Gasteiger partial charge in [0.2, 0.25) is 23.6 Å². The molecule has 0 radical (unpaired) electrons. The van der Waals surface area contributed by atoms with Crippen LogP contribution in [0, 0.1) is 0 Å². The number of hydrogen-bond acceptors (Lipinski definition) is 9. The molecule has 0 aliphatic rings. The van der Waals surface area contributed by atoms with Crippen molar-refractivity contribution in [1.82, 2.24) is 16.0 Å². The maximum atomic E-state index is 12.9. The number of carboxylic acids is 1. The Kier molecular flexibility index (Phi) is 15.5. The first-order valence-electron chi connectivity index (χ1n) is 10.3. The van der Waals surface area contributed by atoms with Gasteiger partial charge in [-0.15, -0.1) is 0 Å². The Morgan fingerprint density at radius 1 is 0.941 bits per heavy atom. The Balaban J connectivity index is 5.56. The number of aliphatic carboxylic acids is 1. The molecule has 34 heavy (non-hydrogen) atoms. The summed E-state index contributed by atoms with van der Waals surface area (Å²) in [6.07, 6.45) is 1.73. The summed E-state index contributed by atoms with van der Waals surface area (Å²) in [5.41, 5.74) is 21.2. The van der Waals surface area contributed by atoms with E-state index in [0.29, 0.717) is 5.75 Å². The molecule has 0 aromatic heterocycles. The molecule has 4 unspecified atom stereocenters. The molecule has 194 valence electrons. The van der Waals surface area contributed by atoms with E-state index in [4.69, 9.17) is 22.9 Å². The fourth-order valence-electron chi connectivity index (χ4n) is 2.58. The first-order chi connectivity index (χ1) is 15.9. The summed E-state index contributed by atoms with van der Waals surface area (Å²) in [5.74, 6) is -4.07. The number of thiol groups is 1. The van der Waals surface area contributed by atoms with Gasteiger partial charge in [-0.2, -0.15) is 24.4 Å². The normalized spacial score (nSPS) is 14.1. The lowest BCUT2D eigenvalue weighted by Crippen LogP contribution is -2.57. The third-order valence-electron chi connectivity index (χ3n) is 4.38. The van der Waals surface area contributed by atoms with Gasteiger partial charge in [0.1, 0.15) is 18.1 Å². The van der Waals surface area contributed by atoms with Crippen LogP contribution in [0.1, 0.15) is 25.7 Å². The Morgan fingerprint density at radius 2 is 1.47 bits per heavy atom. The molecule has 0 aromatic rings. The minimum absolute atomic E-state index is 0.0383. The fourth-order valence-corrected chi connectivity index (χ4v) is 3.22. The Hall–Kier alpha value is -2.72. The van der Waals surface area contributed by atoms with Crippen molar-refractivity contribution in [3.63, 3.8) is 0 Å². The van der Waals surface area contributed by atoms with E-state index in [1.54, 1.807) is 0 Å². The number of amides is 4. The highest BCUT2D eigenvalue weighted by atomic mass is 32.2. The predicted octanol–water partition coefficient (Wildman–Crippen LogP) is -3.54. The molecule has 0 fully saturated rings. The van der Waals surface area contributed by atoms with Gasteiger partial charge in [-0.3, -0.25) is 24.2 Å². The smallest absolute Gasteiger partial charge is 0.326 e. The van der Waals surface area contributed by atoms with Gasteiger partial charge in [-0.1, -0.05) is 0 Å². The average Bonchev–Trinajstić information content (AvgIpc) is 2.76. The van der Waals surface area contributed by atoms with Gasteiger partial charge >= 0.3 is 5.97 Å². The van der Waals surface area contributed by atoms with Crippen molar-refractivity contribution in [2.24, 2.45) is 27.9 Å². The Morgan fingerprint density at radius 3 is 1.94 bits per heavy atom. The molecule has 0 saturated heterocycles. The highest BCUT2D eigenvalue weighted by Gasteiger charge is 2.30. The van der Waals surface area contributed by atoms with Crippen LogP contribution in [-0.4, -0.2) is 89.1 Å². The highest BCUT2D eigenvalue weighted by molar-refractivity contribution is 7.98. The number of nitrogens with zero attached hydrogens (tertiary/aromatic N) is 1. The number of nitrogens with two attached hydrogens (primary N) is 4. The number of aliphatic imine (C=N–C) groups is 1. The van der Waals surface area contributed by atoms with Crippen molar-refractivity contribution in [3.05, 3.63) is 0 Å². The van der Waals surface area contributed by atoms with E-state index in [0.717, 1.165) is 0 Å². The minimum Gasteiger partial charge on any atom is -0.480 e. The molecular formula is C18H34N8O6S2. The summed E-state index contributed by atoms with van der Waals surface area (Å²) in [7, 11) is 0. The molecule has 0 heterocycles. The SMILES string of the molecule is CSCCC(NC(=O)C(N)CS)C(=O)NC(CCCN=C(N)N)C(=O)NC(CC(N)=O)C(=O)O. The van der Waals surface area contributed by atoms with Crippen LogP contribution in [0.15, 0.2) is 4.99 Å². The second kappa shape index (κ2) is 16.8. The average molecular weight is 523 g/mol. The van der Waals surface area contributed by atoms with Crippen molar-refractivity contribution in [1.29, 1.82) is 0 Å². The number of hydrogen-bond donors (Lipinski definition) is 9. The van der Waals surface area contributed by atoms with E-state index in [9.17, 15) is 29.1 Å². The Labute approximate surface area is 207 Å². The van der Waals surface area contributed by atoms with Gasteiger partial charge in [-0.05, 0) is 31.3 Å². The van der Waals surface area contributed by atoms with E-state index in [2.05, 4.69) is 33.6 Å².